The normalized spacial score (nSPS) is 23.5. The van der Waals surface area contributed by atoms with E-state index in [4.69, 9.17) is 9.47 Å². The van der Waals surface area contributed by atoms with Crippen molar-refractivity contribution >= 4 is 17.5 Å². The number of anilines is 1. The molecule has 1 atom stereocenters. The minimum atomic E-state index is -0.217. The molecule has 8 heteroatoms. The number of carbonyl (C=O) groups is 2. The van der Waals surface area contributed by atoms with Crippen molar-refractivity contribution in [3.63, 3.8) is 0 Å². The Balaban J connectivity index is 1.34. The molecule has 0 bridgehead atoms. The van der Waals surface area contributed by atoms with Crippen LogP contribution in [0.25, 0.3) is 0 Å². The molecule has 2 fully saturated rings. The Morgan fingerprint density at radius 1 is 1.15 bits per heavy atom. The minimum absolute atomic E-state index is 0.0719. The zero-order valence-corrected chi connectivity index (χ0v) is 14.6. The van der Waals surface area contributed by atoms with E-state index in [0.29, 0.717) is 43.2 Å². The first-order valence-electron chi connectivity index (χ1n) is 8.89. The van der Waals surface area contributed by atoms with Crippen LogP contribution >= 0.6 is 0 Å². The Kier molecular flexibility index (Phi) is 3.53. The number of carbonyl (C=O) groups excluding carboxylic acids is 2. The monoisotopic (exact) mass is 366 g/mol. The molecule has 1 aromatic heterocycles. The molecule has 3 aliphatic rings. The quantitative estimate of drug-likeness (QED) is 0.800. The van der Waals surface area contributed by atoms with Gasteiger partial charge in [-0.05, 0) is 18.6 Å². The summed E-state index contributed by atoms with van der Waals surface area (Å²) in [7, 11) is 0. The van der Waals surface area contributed by atoms with Crippen LogP contribution in [0.3, 0.4) is 0 Å². The summed E-state index contributed by atoms with van der Waals surface area (Å²) in [5.41, 5.74) is 0.928. The fourth-order valence-corrected chi connectivity index (χ4v) is 4.14. The predicted molar refractivity (Wildman–Crippen MR) is 94.5 cm³/mol. The van der Waals surface area contributed by atoms with Gasteiger partial charge in [0.25, 0.3) is 5.91 Å². The third-order valence-corrected chi connectivity index (χ3v) is 5.50. The second-order valence-electron chi connectivity index (χ2n) is 7.26. The van der Waals surface area contributed by atoms with Crippen molar-refractivity contribution in [1.82, 2.24) is 14.9 Å². The summed E-state index contributed by atoms with van der Waals surface area (Å²) in [6, 6.07) is 5.55. The van der Waals surface area contributed by atoms with Gasteiger partial charge in [-0.15, -0.1) is 0 Å². The molecule has 2 saturated heterocycles. The number of likely N-dealkylation sites (tertiary alicyclic amines) is 1. The number of hydrogen-bond acceptors (Lipinski definition) is 6. The topological polar surface area (TPSA) is 84.9 Å². The highest BCUT2D eigenvalue weighted by molar-refractivity contribution is 5.97. The first kappa shape index (κ1) is 16.0. The van der Waals surface area contributed by atoms with Gasteiger partial charge in [0.15, 0.2) is 11.5 Å². The van der Waals surface area contributed by atoms with Crippen molar-refractivity contribution in [2.45, 2.75) is 12.8 Å². The summed E-state index contributed by atoms with van der Waals surface area (Å²) < 4.78 is 10.8. The van der Waals surface area contributed by atoms with Crippen LogP contribution < -0.4 is 14.4 Å². The molecule has 0 saturated carbocycles. The fraction of sp³-hybridized carbons (Fsp3) is 0.368. The second-order valence-corrected chi connectivity index (χ2v) is 7.26. The number of hydrogen-bond donors (Lipinski definition) is 0. The summed E-state index contributed by atoms with van der Waals surface area (Å²) in [6.45, 7) is 1.97. The van der Waals surface area contributed by atoms with E-state index in [9.17, 15) is 9.59 Å². The third kappa shape index (κ3) is 2.68. The van der Waals surface area contributed by atoms with Crippen LogP contribution in [0.5, 0.6) is 11.5 Å². The molecule has 0 aliphatic carbocycles. The summed E-state index contributed by atoms with van der Waals surface area (Å²) >= 11 is 0. The van der Waals surface area contributed by atoms with Gasteiger partial charge < -0.3 is 19.3 Å². The SMILES string of the molecule is O=C(c1cnccn1)N1CCC2(CC(=O)N(c3ccc4c(c3)OCO4)C2)C1. The van der Waals surface area contributed by atoms with Crippen molar-refractivity contribution in [2.75, 3.05) is 31.3 Å². The third-order valence-electron chi connectivity index (χ3n) is 5.50. The van der Waals surface area contributed by atoms with Gasteiger partial charge in [0, 0.05) is 55.6 Å². The van der Waals surface area contributed by atoms with E-state index >= 15 is 0 Å². The van der Waals surface area contributed by atoms with E-state index in [-0.39, 0.29) is 24.0 Å². The highest BCUT2D eigenvalue weighted by Crippen LogP contribution is 2.44. The molecular formula is C19H18N4O4. The molecular weight excluding hydrogens is 348 g/mol. The summed E-state index contributed by atoms with van der Waals surface area (Å²) in [5.74, 6) is 1.30. The van der Waals surface area contributed by atoms with Crippen molar-refractivity contribution in [2.24, 2.45) is 5.41 Å². The average molecular weight is 366 g/mol. The number of ether oxygens (including phenoxy) is 2. The Morgan fingerprint density at radius 3 is 2.89 bits per heavy atom. The maximum Gasteiger partial charge on any atom is 0.274 e. The molecule has 5 rings (SSSR count). The summed E-state index contributed by atoms with van der Waals surface area (Å²) in [6.07, 6.45) is 5.77. The first-order valence-corrected chi connectivity index (χ1v) is 8.89. The van der Waals surface area contributed by atoms with Crippen molar-refractivity contribution < 1.29 is 19.1 Å². The molecule has 138 valence electrons. The molecule has 0 N–H and O–H groups in total. The zero-order valence-electron chi connectivity index (χ0n) is 14.6. The second kappa shape index (κ2) is 5.94. The van der Waals surface area contributed by atoms with Gasteiger partial charge >= 0.3 is 0 Å². The van der Waals surface area contributed by atoms with E-state index in [2.05, 4.69) is 9.97 Å². The van der Waals surface area contributed by atoms with Crippen LogP contribution in [-0.4, -0.2) is 53.1 Å². The molecule has 8 nitrogen and oxygen atoms in total. The molecule has 0 radical (unpaired) electrons. The standard InChI is InChI=1S/C19H18N4O4/c24-17-8-19(3-6-22(10-19)18(25)14-9-20-4-5-21-14)11-23(17)13-1-2-15-16(7-13)27-12-26-15/h1-2,4-5,7,9H,3,6,8,10-12H2. The van der Waals surface area contributed by atoms with Crippen LogP contribution in [0.1, 0.15) is 23.3 Å². The fourth-order valence-electron chi connectivity index (χ4n) is 4.14. The van der Waals surface area contributed by atoms with Crippen LogP contribution in [0.15, 0.2) is 36.8 Å². The van der Waals surface area contributed by atoms with Crippen LogP contribution in [-0.2, 0) is 4.79 Å². The average Bonchev–Trinajstić information content (AvgIpc) is 3.40. The predicted octanol–water partition coefficient (Wildman–Crippen LogP) is 1.47. The molecule has 1 aromatic carbocycles. The van der Waals surface area contributed by atoms with E-state index in [1.54, 1.807) is 16.0 Å². The maximum absolute atomic E-state index is 12.7. The molecule has 1 unspecified atom stereocenters. The lowest BCUT2D eigenvalue weighted by molar-refractivity contribution is -0.117. The van der Waals surface area contributed by atoms with Crippen LogP contribution in [0.2, 0.25) is 0 Å². The van der Waals surface area contributed by atoms with Crippen molar-refractivity contribution in [3.05, 3.63) is 42.5 Å². The Bertz CT molecular complexity index is 919. The van der Waals surface area contributed by atoms with Gasteiger partial charge in [-0.3, -0.25) is 14.6 Å². The number of rotatable bonds is 2. The molecule has 4 heterocycles. The molecule has 27 heavy (non-hydrogen) atoms. The van der Waals surface area contributed by atoms with Gasteiger partial charge in [0.2, 0.25) is 12.7 Å². The van der Waals surface area contributed by atoms with E-state index in [1.807, 2.05) is 18.2 Å². The number of aromatic nitrogens is 2. The van der Waals surface area contributed by atoms with Gasteiger partial charge in [0.05, 0.1) is 6.20 Å². The van der Waals surface area contributed by atoms with E-state index in [0.717, 1.165) is 12.1 Å². The Hall–Kier alpha value is -3.16. The highest BCUT2D eigenvalue weighted by atomic mass is 16.7. The lowest BCUT2D eigenvalue weighted by Gasteiger charge is -2.24. The van der Waals surface area contributed by atoms with Crippen molar-refractivity contribution in [1.29, 1.82) is 0 Å². The minimum Gasteiger partial charge on any atom is -0.454 e. The zero-order chi connectivity index (χ0) is 18.4. The molecule has 2 aromatic rings. The molecule has 2 amide bonds. The van der Waals surface area contributed by atoms with E-state index < -0.39 is 0 Å². The maximum atomic E-state index is 12.7. The molecule has 1 spiro atoms. The lowest BCUT2D eigenvalue weighted by atomic mass is 9.86. The van der Waals surface area contributed by atoms with Gasteiger partial charge in [-0.2, -0.15) is 0 Å². The summed E-state index contributed by atoms with van der Waals surface area (Å²) in [5, 5.41) is 0. The summed E-state index contributed by atoms with van der Waals surface area (Å²) in [4.78, 5) is 37.0. The van der Waals surface area contributed by atoms with E-state index in [1.165, 1.54) is 12.4 Å². The Morgan fingerprint density at radius 2 is 2.04 bits per heavy atom. The number of amides is 2. The van der Waals surface area contributed by atoms with Gasteiger partial charge in [-0.25, -0.2) is 4.98 Å². The van der Waals surface area contributed by atoms with Gasteiger partial charge in [0.1, 0.15) is 5.69 Å². The highest BCUT2D eigenvalue weighted by Gasteiger charge is 2.49. The van der Waals surface area contributed by atoms with Crippen molar-refractivity contribution in [3.8, 4) is 11.5 Å². The first-order chi connectivity index (χ1) is 13.1. The van der Waals surface area contributed by atoms with Crippen LogP contribution in [0.4, 0.5) is 5.69 Å². The number of fused-ring (bicyclic) bond motifs is 1. The number of nitrogens with zero attached hydrogens (tertiary/aromatic N) is 4. The van der Waals surface area contributed by atoms with Crippen LogP contribution in [0, 0.1) is 5.41 Å². The number of benzene rings is 1. The Labute approximate surface area is 155 Å². The lowest BCUT2D eigenvalue weighted by Crippen LogP contribution is -2.34. The smallest absolute Gasteiger partial charge is 0.274 e. The largest absolute Gasteiger partial charge is 0.454 e. The molecule has 3 aliphatic heterocycles. The van der Waals surface area contributed by atoms with Gasteiger partial charge in [-0.1, -0.05) is 0 Å².